The summed E-state index contributed by atoms with van der Waals surface area (Å²) in [4.78, 5) is 41.0. The molecule has 1 aromatic heterocycles. The van der Waals surface area contributed by atoms with E-state index < -0.39 is 5.97 Å². The van der Waals surface area contributed by atoms with Gasteiger partial charge in [0.2, 0.25) is 5.91 Å². The Bertz CT molecular complexity index is 968. The molecule has 2 heterocycles. The molecule has 0 atom stereocenters. The Morgan fingerprint density at radius 3 is 2.73 bits per heavy atom. The fourth-order valence-electron chi connectivity index (χ4n) is 3.34. The van der Waals surface area contributed by atoms with Crippen LogP contribution in [0.3, 0.4) is 0 Å². The summed E-state index contributed by atoms with van der Waals surface area (Å²) >= 11 is 3.03. The third-order valence-electron chi connectivity index (χ3n) is 4.68. The zero-order chi connectivity index (χ0) is 21.8. The molecule has 1 aliphatic heterocycles. The predicted molar refractivity (Wildman–Crippen MR) is 120 cm³/mol. The highest BCUT2D eigenvalue weighted by molar-refractivity contribution is 7.99. The van der Waals surface area contributed by atoms with Crippen LogP contribution in [0.2, 0.25) is 0 Å². The molecule has 0 saturated carbocycles. The number of rotatable bonds is 6. The van der Waals surface area contributed by atoms with Gasteiger partial charge in [0.05, 0.1) is 18.7 Å². The highest BCUT2D eigenvalue weighted by Crippen LogP contribution is 2.38. The normalized spacial score (nSPS) is 13.2. The lowest BCUT2D eigenvalue weighted by Crippen LogP contribution is -2.34. The lowest BCUT2D eigenvalue weighted by Gasteiger charge is -2.25. The molecule has 1 aromatic carbocycles. The number of anilines is 1. The van der Waals surface area contributed by atoms with Gasteiger partial charge >= 0.3 is 5.97 Å². The van der Waals surface area contributed by atoms with Crippen molar-refractivity contribution in [2.24, 2.45) is 0 Å². The maximum Gasteiger partial charge on any atom is 0.341 e. The van der Waals surface area contributed by atoms with Crippen molar-refractivity contribution in [1.29, 1.82) is 0 Å². The van der Waals surface area contributed by atoms with Crippen LogP contribution in [0.4, 0.5) is 5.00 Å². The summed E-state index contributed by atoms with van der Waals surface area (Å²) < 4.78 is 5.25. The van der Waals surface area contributed by atoms with E-state index in [0.29, 0.717) is 40.9 Å². The van der Waals surface area contributed by atoms with Crippen LogP contribution in [-0.4, -0.2) is 41.1 Å². The van der Waals surface area contributed by atoms with Gasteiger partial charge in [-0.2, -0.15) is 0 Å². The molecule has 2 amide bonds. The molecule has 160 valence electrons. The van der Waals surface area contributed by atoms with Crippen molar-refractivity contribution in [3.63, 3.8) is 0 Å². The molecule has 1 N–H and O–H groups in total. The molecule has 0 saturated heterocycles. The number of carbonyl (C=O) groups is 3. The SMILES string of the molecule is CCOC(=O)c1c(NC(=O)c2cccc(SC(C)C)c2)sc2c1CCN(C(C)=O)C2. The van der Waals surface area contributed by atoms with E-state index >= 15 is 0 Å². The van der Waals surface area contributed by atoms with E-state index in [4.69, 9.17) is 4.74 Å². The van der Waals surface area contributed by atoms with E-state index in [-0.39, 0.29) is 18.4 Å². The third kappa shape index (κ3) is 5.05. The third-order valence-corrected chi connectivity index (χ3v) is 6.81. The fourth-order valence-corrected chi connectivity index (χ4v) is 5.48. The van der Waals surface area contributed by atoms with Crippen LogP contribution in [0, 0.1) is 0 Å². The molecule has 0 aliphatic carbocycles. The molecule has 6 nitrogen and oxygen atoms in total. The summed E-state index contributed by atoms with van der Waals surface area (Å²) in [5.74, 6) is -0.712. The second kappa shape index (κ2) is 9.66. The number of hydrogen-bond acceptors (Lipinski definition) is 6. The number of thioether (sulfide) groups is 1. The van der Waals surface area contributed by atoms with Crippen molar-refractivity contribution >= 4 is 45.9 Å². The number of thiophene rings is 1. The highest BCUT2D eigenvalue weighted by atomic mass is 32.2. The van der Waals surface area contributed by atoms with Crippen LogP contribution in [0.25, 0.3) is 0 Å². The zero-order valence-corrected chi connectivity index (χ0v) is 19.2. The first-order valence-corrected chi connectivity index (χ1v) is 11.6. The van der Waals surface area contributed by atoms with Gasteiger partial charge in [0, 0.05) is 34.1 Å². The molecular formula is C22H26N2O4S2. The van der Waals surface area contributed by atoms with Crippen LogP contribution in [-0.2, 0) is 22.5 Å². The zero-order valence-electron chi connectivity index (χ0n) is 17.6. The Morgan fingerprint density at radius 1 is 1.30 bits per heavy atom. The number of fused-ring (bicyclic) bond motifs is 1. The summed E-state index contributed by atoms with van der Waals surface area (Å²) in [5, 5.41) is 3.81. The largest absolute Gasteiger partial charge is 0.462 e. The summed E-state index contributed by atoms with van der Waals surface area (Å²) in [5.41, 5.74) is 1.82. The average Bonchev–Trinajstić information content (AvgIpc) is 3.04. The first-order chi connectivity index (χ1) is 14.3. The number of nitrogens with one attached hydrogen (secondary N) is 1. The van der Waals surface area contributed by atoms with Crippen LogP contribution >= 0.6 is 23.1 Å². The van der Waals surface area contributed by atoms with Crippen molar-refractivity contribution in [2.75, 3.05) is 18.5 Å². The van der Waals surface area contributed by atoms with E-state index in [1.807, 2.05) is 18.2 Å². The van der Waals surface area contributed by atoms with Gasteiger partial charge in [0.1, 0.15) is 5.00 Å². The number of amides is 2. The quantitative estimate of drug-likeness (QED) is 0.519. The van der Waals surface area contributed by atoms with Crippen molar-refractivity contribution in [1.82, 2.24) is 4.90 Å². The maximum atomic E-state index is 12.9. The van der Waals surface area contributed by atoms with Crippen molar-refractivity contribution in [3.8, 4) is 0 Å². The molecule has 3 rings (SSSR count). The van der Waals surface area contributed by atoms with Gasteiger partial charge in [-0.25, -0.2) is 4.79 Å². The van der Waals surface area contributed by atoms with Gasteiger partial charge in [-0.15, -0.1) is 23.1 Å². The number of nitrogens with zero attached hydrogens (tertiary/aromatic N) is 1. The number of esters is 1. The molecule has 0 unspecified atom stereocenters. The van der Waals surface area contributed by atoms with Gasteiger partial charge in [-0.1, -0.05) is 19.9 Å². The highest BCUT2D eigenvalue weighted by Gasteiger charge is 2.30. The molecule has 0 radical (unpaired) electrons. The van der Waals surface area contributed by atoms with Gasteiger partial charge < -0.3 is 15.0 Å². The minimum atomic E-state index is -0.439. The van der Waals surface area contributed by atoms with Crippen LogP contribution < -0.4 is 5.32 Å². The first kappa shape index (κ1) is 22.4. The Hall–Kier alpha value is -2.32. The molecular weight excluding hydrogens is 420 g/mol. The van der Waals surface area contributed by atoms with Crippen LogP contribution in [0.15, 0.2) is 29.2 Å². The summed E-state index contributed by atoms with van der Waals surface area (Å²) in [6, 6.07) is 7.45. The fraction of sp³-hybridized carbons (Fsp3) is 0.409. The molecule has 1 aliphatic rings. The van der Waals surface area contributed by atoms with E-state index in [1.165, 1.54) is 18.3 Å². The lowest BCUT2D eigenvalue weighted by molar-refractivity contribution is -0.129. The number of ether oxygens (including phenoxy) is 1. The van der Waals surface area contributed by atoms with Gasteiger partial charge in [0.15, 0.2) is 0 Å². The van der Waals surface area contributed by atoms with Crippen molar-refractivity contribution in [3.05, 3.63) is 45.8 Å². The molecule has 8 heteroatoms. The standard InChI is InChI=1S/C22H26N2O4S2/c1-5-28-22(27)19-17-9-10-24(14(4)25)12-18(17)30-21(19)23-20(26)15-7-6-8-16(11-15)29-13(2)3/h6-8,11,13H,5,9-10,12H2,1-4H3,(H,23,26). The topological polar surface area (TPSA) is 75.7 Å². The van der Waals surface area contributed by atoms with E-state index in [1.54, 1.807) is 29.7 Å². The Morgan fingerprint density at radius 2 is 2.07 bits per heavy atom. The predicted octanol–water partition coefficient (Wildman–Crippen LogP) is 4.58. The Balaban J connectivity index is 1.90. The van der Waals surface area contributed by atoms with E-state index in [9.17, 15) is 14.4 Å². The number of carbonyl (C=O) groups excluding carboxylic acids is 3. The molecule has 0 spiro atoms. The van der Waals surface area contributed by atoms with Crippen molar-refractivity contribution < 1.29 is 19.1 Å². The van der Waals surface area contributed by atoms with Crippen molar-refractivity contribution in [2.45, 2.75) is 50.8 Å². The monoisotopic (exact) mass is 446 g/mol. The summed E-state index contributed by atoms with van der Waals surface area (Å²) in [6.07, 6.45) is 0.565. The van der Waals surface area contributed by atoms with Gasteiger partial charge in [0.25, 0.3) is 5.91 Å². The summed E-state index contributed by atoms with van der Waals surface area (Å²) in [7, 11) is 0. The molecule has 0 fully saturated rings. The second-order valence-electron chi connectivity index (χ2n) is 7.27. The average molecular weight is 447 g/mol. The Kier molecular flexibility index (Phi) is 7.20. The van der Waals surface area contributed by atoms with Gasteiger partial charge in [-0.05, 0) is 37.1 Å². The van der Waals surface area contributed by atoms with Gasteiger partial charge in [-0.3, -0.25) is 9.59 Å². The number of hydrogen-bond donors (Lipinski definition) is 1. The maximum absolute atomic E-state index is 12.9. The summed E-state index contributed by atoms with van der Waals surface area (Å²) in [6.45, 7) is 8.74. The second-order valence-corrected chi connectivity index (χ2v) is 10.0. The minimum Gasteiger partial charge on any atom is -0.462 e. The molecule has 30 heavy (non-hydrogen) atoms. The van der Waals surface area contributed by atoms with Crippen LogP contribution in [0.5, 0.6) is 0 Å². The first-order valence-electron chi connectivity index (χ1n) is 9.95. The van der Waals surface area contributed by atoms with E-state index in [0.717, 1.165) is 15.3 Å². The number of benzene rings is 1. The molecule has 0 bridgehead atoms. The smallest absolute Gasteiger partial charge is 0.341 e. The van der Waals surface area contributed by atoms with Crippen LogP contribution in [0.1, 0.15) is 58.9 Å². The Labute approximate surface area is 185 Å². The molecule has 2 aromatic rings. The minimum absolute atomic E-state index is 0.00297. The van der Waals surface area contributed by atoms with E-state index in [2.05, 4.69) is 19.2 Å². The lowest BCUT2D eigenvalue weighted by atomic mass is 10.0.